The first kappa shape index (κ1) is 20.4. The van der Waals surface area contributed by atoms with E-state index in [0.717, 1.165) is 27.7 Å². The van der Waals surface area contributed by atoms with Crippen LogP contribution in [-0.2, 0) is 11.2 Å². The maximum atomic E-state index is 13.2. The molecule has 0 saturated heterocycles. The highest BCUT2D eigenvalue weighted by molar-refractivity contribution is 9.10. The number of aromatic nitrogens is 1. The predicted octanol–water partition coefficient (Wildman–Crippen LogP) is 5.03. The summed E-state index contributed by atoms with van der Waals surface area (Å²) in [5.41, 5.74) is 2.81. The van der Waals surface area contributed by atoms with Crippen molar-refractivity contribution in [3.63, 3.8) is 0 Å². The van der Waals surface area contributed by atoms with Gasteiger partial charge in [0.1, 0.15) is 6.04 Å². The lowest BCUT2D eigenvalue weighted by Crippen LogP contribution is -2.40. The number of likely N-dealkylation sites (N-methyl/N-ethyl adjacent to an activating group) is 1. The monoisotopic (exact) mass is 457 g/mol. The third-order valence-electron chi connectivity index (χ3n) is 4.53. The topological polar surface area (TPSA) is 45.2 Å². The number of carbonyl (C=O) groups excluding carboxylic acids is 1. The van der Waals surface area contributed by atoms with E-state index in [1.165, 1.54) is 0 Å². The Morgan fingerprint density at radius 1 is 1.11 bits per heavy atom. The quantitative estimate of drug-likeness (QED) is 0.540. The first-order chi connectivity index (χ1) is 13.6. The van der Waals surface area contributed by atoms with E-state index < -0.39 is 6.04 Å². The van der Waals surface area contributed by atoms with Crippen molar-refractivity contribution in [1.82, 2.24) is 10.3 Å². The second-order valence-electron chi connectivity index (χ2n) is 6.38. The van der Waals surface area contributed by atoms with E-state index in [9.17, 15) is 4.79 Å². The molecule has 6 heteroatoms. The number of para-hydroxylation sites is 1. The van der Waals surface area contributed by atoms with Gasteiger partial charge in [-0.15, -0.1) is 0 Å². The minimum absolute atomic E-state index is 0.0802. The van der Waals surface area contributed by atoms with Crippen molar-refractivity contribution in [3.8, 4) is 0 Å². The zero-order chi connectivity index (χ0) is 19.9. The Hall–Kier alpha value is -2.37. The van der Waals surface area contributed by atoms with E-state index in [1.54, 1.807) is 12.4 Å². The number of hydrogen-bond acceptors (Lipinski definition) is 3. The molecule has 1 aromatic heterocycles. The molecular weight excluding hydrogens is 438 g/mol. The lowest BCUT2D eigenvalue weighted by atomic mass is 10.0. The number of carbonyl (C=O) groups is 1. The SMILES string of the molecule is CN(c1ccccc1Cl)C(C(=O)NCCc1ccncc1)c1ccccc1Br. The van der Waals surface area contributed by atoms with Crippen molar-refractivity contribution >= 4 is 39.1 Å². The fourth-order valence-electron chi connectivity index (χ4n) is 3.08. The predicted molar refractivity (Wildman–Crippen MR) is 118 cm³/mol. The molecule has 0 aliphatic rings. The molecule has 1 N–H and O–H groups in total. The van der Waals surface area contributed by atoms with Gasteiger partial charge in [0.2, 0.25) is 5.91 Å². The van der Waals surface area contributed by atoms with Crippen LogP contribution in [0.5, 0.6) is 0 Å². The van der Waals surface area contributed by atoms with Crippen LogP contribution in [0.25, 0.3) is 0 Å². The number of benzene rings is 2. The van der Waals surface area contributed by atoms with Crippen LogP contribution in [0.4, 0.5) is 5.69 Å². The molecule has 0 fully saturated rings. The van der Waals surface area contributed by atoms with Gasteiger partial charge in [0, 0.05) is 30.5 Å². The van der Waals surface area contributed by atoms with E-state index in [4.69, 9.17) is 11.6 Å². The Bertz CT molecular complexity index is 936. The van der Waals surface area contributed by atoms with Gasteiger partial charge in [-0.2, -0.15) is 0 Å². The summed E-state index contributed by atoms with van der Waals surface area (Å²) in [5.74, 6) is -0.0802. The third kappa shape index (κ3) is 4.91. The first-order valence-corrected chi connectivity index (χ1v) is 10.1. The number of pyridine rings is 1. The van der Waals surface area contributed by atoms with Gasteiger partial charge in [-0.1, -0.05) is 57.9 Å². The van der Waals surface area contributed by atoms with E-state index in [-0.39, 0.29) is 5.91 Å². The van der Waals surface area contributed by atoms with E-state index in [2.05, 4.69) is 26.2 Å². The molecule has 3 aromatic rings. The summed E-state index contributed by atoms with van der Waals surface area (Å²) in [4.78, 5) is 19.1. The second-order valence-corrected chi connectivity index (χ2v) is 7.64. The van der Waals surface area contributed by atoms with Gasteiger partial charge in [-0.3, -0.25) is 9.78 Å². The summed E-state index contributed by atoms with van der Waals surface area (Å²) in [6.45, 7) is 0.542. The van der Waals surface area contributed by atoms with Crippen molar-refractivity contribution in [1.29, 1.82) is 0 Å². The summed E-state index contributed by atoms with van der Waals surface area (Å²) >= 11 is 9.97. The molecule has 1 unspecified atom stereocenters. The standard InChI is InChI=1S/C22H21BrClN3O/c1-27(20-9-5-4-8-19(20)24)21(17-6-2-3-7-18(17)23)22(28)26-15-12-16-10-13-25-14-11-16/h2-11,13-14,21H,12,15H2,1H3,(H,26,28). The average molecular weight is 459 g/mol. The molecule has 4 nitrogen and oxygen atoms in total. The van der Waals surface area contributed by atoms with Gasteiger partial charge in [0.15, 0.2) is 0 Å². The number of amides is 1. The molecule has 1 atom stereocenters. The van der Waals surface area contributed by atoms with E-state index >= 15 is 0 Å². The van der Waals surface area contributed by atoms with Crippen LogP contribution < -0.4 is 10.2 Å². The molecular formula is C22H21BrClN3O. The molecule has 0 spiro atoms. The Kier molecular flexibility index (Phi) is 7.06. The van der Waals surface area contributed by atoms with E-state index in [1.807, 2.05) is 72.6 Å². The van der Waals surface area contributed by atoms with Crippen molar-refractivity contribution in [2.24, 2.45) is 0 Å². The lowest BCUT2D eigenvalue weighted by Gasteiger charge is -2.30. The molecule has 0 aliphatic heterocycles. The Morgan fingerprint density at radius 2 is 1.79 bits per heavy atom. The average Bonchev–Trinajstić information content (AvgIpc) is 2.71. The third-order valence-corrected chi connectivity index (χ3v) is 5.57. The summed E-state index contributed by atoms with van der Waals surface area (Å²) in [7, 11) is 1.88. The fourth-order valence-corrected chi connectivity index (χ4v) is 3.85. The second kappa shape index (κ2) is 9.71. The first-order valence-electron chi connectivity index (χ1n) is 8.96. The minimum Gasteiger partial charge on any atom is -0.358 e. The van der Waals surface area contributed by atoms with Crippen molar-refractivity contribution in [2.75, 3.05) is 18.5 Å². The molecule has 2 aromatic carbocycles. The molecule has 1 amide bonds. The van der Waals surface area contributed by atoms with Crippen molar-refractivity contribution in [3.05, 3.63) is 93.7 Å². The minimum atomic E-state index is -0.520. The summed E-state index contributed by atoms with van der Waals surface area (Å²) < 4.78 is 0.878. The number of nitrogens with one attached hydrogen (secondary N) is 1. The Morgan fingerprint density at radius 3 is 2.50 bits per heavy atom. The molecule has 28 heavy (non-hydrogen) atoms. The van der Waals surface area contributed by atoms with Crippen LogP contribution in [0.2, 0.25) is 5.02 Å². The Labute approximate surface area is 178 Å². The number of halogens is 2. The largest absolute Gasteiger partial charge is 0.358 e. The van der Waals surface area contributed by atoms with Crippen LogP contribution in [-0.4, -0.2) is 24.5 Å². The number of nitrogens with zero attached hydrogens (tertiary/aromatic N) is 2. The lowest BCUT2D eigenvalue weighted by molar-refractivity contribution is -0.122. The maximum Gasteiger partial charge on any atom is 0.247 e. The highest BCUT2D eigenvalue weighted by Crippen LogP contribution is 2.34. The summed E-state index contributed by atoms with van der Waals surface area (Å²) in [6.07, 6.45) is 4.26. The number of hydrogen-bond donors (Lipinski definition) is 1. The van der Waals surface area contributed by atoms with Gasteiger partial charge in [0.05, 0.1) is 10.7 Å². The molecule has 1 heterocycles. The molecule has 144 valence electrons. The molecule has 0 saturated carbocycles. The van der Waals surface area contributed by atoms with Gasteiger partial charge >= 0.3 is 0 Å². The number of rotatable bonds is 7. The summed E-state index contributed by atoms with van der Waals surface area (Å²) in [6, 6.07) is 18.7. The van der Waals surface area contributed by atoms with Crippen LogP contribution in [0, 0.1) is 0 Å². The molecule has 0 radical (unpaired) electrons. The van der Waals surface area contributed by atoms with Gasteiger partial charge in [-0.05, 0) is 47.9 Å². The number of anilines is 1. The highest BCUT2D eigenvalue weighted by Gasteiger charge is 2.28. The fraction of sp³-hybridized carbons (Fsp3) is 0.182. The van der Waals surface area contributed by atoms with Crippen LogP contribution in [0.1, 0.15) is 17.2 Å². The van der Waals surface area contributed by atoms with Crippen LogP contribution in [0.15, 0.2) is 77.5 Å². The molecule has 3 rings (SSSR count). The van der Waals surface area contributed by atoms with Crippen molar-refractivity contribution in [2.45, 2.75) is 12.5 Å². The smallest absolute Gasteiger partial charge is 0.247 e. The molecule has 0 bridgehead atoms. The van der Waals surface area contributed by atoms with Gasteiger partial charge in [0.25, 0.3) is 0 Å². The van der Waals surface area contributed by atoms with Crippen molar-refractivity contribution < 1.29 is 4.79 Å². The summed E-state index contributed by atoms with van der Waals surface area (Å²) in [5, 5.41) is 3.67. The Balaban J connectivity index is 1.83. The highest BCUT2D eigenvalue weighted by atomic mass is 79.9. The normalized spacial score (nSPS) is 11.7. The zero-order valence-electron chi connectivity index (χ0n) is 15.5. The maximum absolute atomic E-state index is 13.2. The molecule has 0 aliphatic carbocycles. The zero-order valence-corrected chi connectivity index (χ0v) is 17.8. The van der Waals surface area contributed by atoms with E-state index in [0.29, 0.717) is 11.6 Å². The van der Waals surface area contributed by atoms with Crippen LogP contribution >= 0.6 is 27.5 Å². The van der Waals surface area contributed by atoms with Crippen LogP contribution in [0.3, 0.4) is 0 Å². The van der Waals surface area contributed by atoms with Gasteiger partial charge in [-0.25, -0.2) is 0 Å². The van der Waals surface area contributed by atoms with Gasteiger partial charge < -0.3 is 10.2 Å².